The summed E-state index contributed by atoms with van der Waals surface area (Å²) in [6.07, 6.45) is 2.60. The molecule has 0 aliphatic rings. The Hall–Kier alpha value is -2.16. The third-order valence-corrected chi connectivity index (χ3v) is 2.55. The first-order valence-corrected chi connectivity index (χ1v) is 4.67. The van der Waals surface area contributed by atoms with Crippen LogP contribution in [0.15, 0.2) is 36.7 Å². The van der Waals surface area contributed by atoms with E-state index in [4.69, 9.17) is 5.11 Å². The van der Waals surface area contributed by atoms with Gasteiger partial charge in [-0.25, -0.2) is 9.97 Å². The topological polar surface area (TPSA) is 46.0 Å². The molecule has 1 heterocycles. The van der Waals surface area contributed by atoms with E-state index in [2.05, 4.69) is 9.97 Å². The first kappa shape index (κ1) is 8.17. The molecule has 3 heteroatoms. The number of benzene rings is 2. The van der Waals surface area contributed by atoms with Crippen molar-refractivity contribution < 1.29 is 5.11 Å². The highest BCUT2D eigenvalue weighted by molar-refractivity contribution is 6.06. The maximum Gasteiger partial charge on any atom is 0.116 e. The molecule has 72 valence electrons. The average molecular weight is 196 g/mol. The summed E-state index contributed by atoms with van der Waals surface area (Å²) >= 11 is 0. The van der Waals surface area contributed by atoms with Crippen LogP contribution in [0, 0.1) is 0 Å². The lowest BCUT2D eigenvalue weighted by molar-refractivity contribution is 0.541. The van der Waals surface area contributed by atoms with Gasteiger partial charge in [-0.2, -0.15) is 0 Å². The van der Waals surface area contributed by atoms with Gasteiger partial charge in [0.1, 0.15) is 6.33 Å². The van der Waals surface area contributed by atoms with Crippen molar-refractivity contribution in [3.8, 4) is 0 Å². The summed E-state index contributed by atoms with van der Waals surface area (Å²) in [7, 11) is 0. The number of hydrogen-bond donors (Lipinski definition) is 1. The Morgan fingerprint density at radius 2 is 2.00 bits per heavy atom. The van der Waals surface area contributed by atoms with Gasteiger partial charge in [0.2, 0.25) is 0 Å². The van der Waals surface area contributed by atoms with E-state index in [0.29, 0.717) is 0 Å². The molecule has 0 saturated heterocycles. The maximum absolute atomic E-state index is 9.09. The van der Waals surface area contributed by atoms with Gasteiger partial charge >= 0.3 is 0 Å². The molecule has 0 spiro atoms. The molecule has 0 amide bonds. The number of rotatable bonds is 0. The minimum absolute atomic E-state index is 0.723. The highest BCUT2D eigenvalue weighted by Gasteiger charge is 2.03. The standard InChI is InChI=1S/C12H8N2O/c15-6-9-5-4-8-2-1-3-10-11(8)12(9)14-7-13-10/h1-7,15H/b9-6+. The second kappa shape index (κ2) is 2.92. The fourth-order valence-electron chi connectivity index (χ4n) is 1.86. The summed E-state index contributed by atoms with van der Waals surface area (Å²) in [6, 6.07) is 9.73. The predicted molar refractivity (Wildman–Crippen MR) is 59.4 cm³/mol. The molecule has 0 saturated carbocycles. The second-order valence-corrected chi connectivity index (χ2v) is 3.38. The van der Waals surface area contributed by atoms with Gasteiger partial charge in [-0.1, -0.05) is 18.2 Å². The van der Waals surface area contributed by atoms with E-state index in [1.54, 1.807) is 0 Å². The molecule has 1 aromatic heterocycles. The van der Waals surface area contributed by atoms with Crippen molar-refractivity contribution in [3.05, 3.63) is 41.9 Å². The number of aromatic nitrogens is 2. The van der Waals surface area contributed by atoms with Crippen LogP contribution in [0.4, 0.5) is 0 Å². The van der Waals surface area contributed by atoms with Gasteiger partial charge < -0.3 is 5.11 Å². The summed E-state index contributed by atoms with van der Waals surface area (Å²) in [5, 5.41) is 11.9. The van der Waals surface area contributed by atoms with E-state index in [9.17, 15) is 0 Å². The Morgan fingerprint density at radius 1 is 1.07 bits per heavy atom. The molecule has 0 unspecified atom stereocenters. The van der Waals surface area contributed by atoms with Gasteiger partial charge in [0.05, 0.1) is 17.3 Å². The van der Waals surface area contributed by atoms with E-state index in [-0.39, 0.29) is 0 Å². The summed E-state index contributed by atoms with van der Waals surface area (Å²) < 4.78 is 0. The quantitative estimate of drug-likeness (QED) is 0.596. The van der Waals surface area contributed by atoms with E-state index in [1.165, 1.54) is 6.33 Å². The SMILES string of the molecule is O/C=c1\ccc2cccc3ncnc1c23. The van der Waals surface area contributed by atoms with Crippen molar-refractivity contribution >= 4 is 28.1 Å². The van der Waals surface area contributed by atoms with E-state index in [0.717, 1.165) is 33.3 Å². The van der Waals surface area contributed by atoms with Crippen molar-refractivity contribution in [2.45, 2.75) is 0 Å². The first-order chi connectivity index (χ1) is 7.40. The fraction of sp³-hybridized carbons (Fsp3) is 0. The third kappa shape index (κ3) is 1.06. The Morgan fingerprint density at radius 3 is 2.87 bits per heavy atom. The minimum atomic E-state index is 0.723. The Balaban J connectivity index is 2.73. The summed E-state index contributed by atoms with van der Waals surface area (Å²) in [5.74, 6) is 0. The number of aliphatic hydroxyl groups is 1. The number of hydrogen-bond acceptors (Lipinski definition) is 3. The van der Waals surface area contributed by atoms with E-state index < -0.39 is 0 Å². The highest BCUT2D eigenvalue weighted by atomic mass is 16.2. The van der Waals surface area contributed by atoms with E-state index in [1.807, 2.05) is 30.3 Å². The predicted octanol–water partition coefficient (Wildman–Crippen LogP) is 1.80. The third-order valence-electron chi connectivity index (χ3n) is 2.55. The molecule has 3 nitrogen and oxygen atoms in total. The molecule has 1 N–H and O–H groups in total. The number of nitrogens with zero attached hydrogens (tertiary/aromatic N) is 2. The van der Waals surface area contributed by atoms with Crippen molar-refractivity contribution in [3.63, 3.8) is 0 Å². The lowest BCUT2D eigenvalue weighted by Crippen LogP contribution is -2.04. The largest absolute Gasteiger partial charge is 0.515 e. The smallest absolute Gasteiger partial charge is 0.116 e. The van der Waals surface area contributed by atoms with E-state index >= 15 is 0 Å². The molecule has 0 fully saturated rings. The van der Waals surface area contributed by atoms with Crippen molar-refractivity contribution in [2.75, 3.05) is 0 Å². The summed E-state index contributed by atoms with van der Waals surface area (Å²) in [5.41, 5.74) is 1.70. The molecule has 3 rings (SSSR count). The molecule has 0 bridgehead atoms. The highest BCUT2D eigenvalue weighted by Crippen LogP contribution is 2.20. The van der Waals surface area contributed by atoms with Crippen LogP contribution in [0.2, 0.25) is 0 Å². The van der Waals surface area contributed by atoms with Crippen LogP contribution in [0.5, 0.6) is 0 Å². The fourth-order valence-corrected chi connectivity index (χ4v) is 1.86. The van der Waals surface area contributed by atoms with Crippen LogP contribution in [-0.4, -0.2) is 15.1 Å². The van der Waals surface area contributed by atoms with Crippen molar-refractivity contribution in [1.29, 1.82) is 0 Å². The van der Waals surface area contributed by atoms with Gasteiger partial charge in [0, 0.05) is 10.6 Å². The molecule has 0 aliphatic carbocycles. The monoisotopic (exact) mass is 196 g/mol. The van der Waals surface area contributed by atoms with Gasteiger partial charge in [-0.15, -0.1) is 0 Å². The normalized spacial score (nSPS) is 12.7. The Labute approximate surface area is 85.7 Å². The van der Waals surface area contributed by atoms with Crippen LogP contribution in [0.25, 0.3) is 28.1 Å². The molecule has 0 aliphatic heterocycles. The zero-order valence-electron chi connectivity index (χ0n) is 7.88. The zero-order chi connectivity index (χ0) is 10.3. The van der Waals surface area contributed by atoms with Gasteiger partial charge in [0.25, 0.3) is 0 Å². The van der Waals surface area contributed by atoms with Crippen LogP contribution < -0.4 is 5.22 Å². The lowest BCUT2D eigenvalue weighted by Gasteiger charge is -2.03. The van der Waals surface area contributed by atoms with Crippen LogP contribution in [-0.2, 0) is 0 Å². The summed E-state index contributed by atoms with van der Waals surface area (Å²) in [4.78, 5) is 8.40. The van der Waals surface area contributed by atoms with Gasteiger partial charge in [-0.05, 0) is 17.5 Å². The van der Waals surface area contributed by atoms with Gasteiger partial charge in [0.15, 0.2) is 0 Å². The molecule has 3 aromatic rings. The first-order valence-electron chi connectivity index (χ1n) is 4.67. The Kier molecular flexibility index (Phi) is 1.59. The molecular weight excluding hydrogens is 188 g/mol. The van der Waals surface area contributed by atoms with Crippen molar-refractivity contribution in [2.24, 2.45) is 0 Å². The van der Waals surface area contributed by atoms with Crippen molar-refractivity contribution in [1.82, 2.24) is 9.97 Å². The molecule has 15 heavy (non-hydrogen) atoms. The van der Waals surface area contributed by atoms with Crippen LogP contribution >= 0.6 is 0 Å². The molecule has 2 aromatic carbocycles. The molecular formula is C12H8N2O. The zero-order valence-corrected chi connectivity index (χ0v) is 7.88. The lowest BCUT2D eigenvalue weighted by atomic mass is 10.1. The van der Waals surface area contributed by atoms with Crippen LogP contribution in [0.3, 0.4) is 0 Å². The minimum Gasteiger partial charge on any atom is -0.515 e. The Bertz CT molecular complexity index is 668. The second-order valence-electron chi connectivity index (χ2n) is 3.38. The average Bonchev–Trinajstić information content (AvgIpc) is 2.30. The van der Waals surface area contributed by atoms with Gasteiger partial charge in [-0.3, -0.25) is 0 Å². The molecule has 0 atom stereocenters. The van der Waals surface area contributed by atoms with Crippen LogP contribution in [0.1, 0.15) is 0 Å². The maximum atomic E-state index is 9.09. The molecule has 0 radical (unpaired) electrons. The number of aliphatic hydroxyl groups excluding tert-OH is 1. The summed E-state index contributed by atoms with van der Waals surface area (Å²) in [6.45, 7) is 0.